The summed E-state index contributed by atoms with van der Waals surface area (Å²) in [6.07, 6.45) is 3.35. The minimum Gasteiger partial charge on any atom is -0.578 e. The van der Waals surface area contributed by atoms with Crippen LogP contribution in [0.5, 0.6) is 0 Å². The summed E-state index contributed by atoms with van der Waals surface area (Å²) in [5.41, 5.74) is 10.7. The predicted molar refractivity (Wildman–Crippen MR) is 101 cm³/mol. The Morgan fingerprint density at radius 2 is 2.15 bits per heavy atom. The molecule has 4 rings (SSSR count). The lowest BCUT2D eigenvalue weighted by Crippen LogP contribution is -2.62. The van der Waals surface area contributed by atoms with Crippen molar-refractivity contribution in [1.29, 1.82) is 5.26 Å². The average Bonchev–Trinajstić information content (AvgIpc) is 3.29. The van der Waals surface area contributed by atoms with Crippen molar-refractivity contribution in [3.8, 4) is 6.07 Å². The number of hydrogen-bond donors (Lipinski definition) is 4. The van der Waals surface area contributed by atoms with Gasteiger partial charge in [0.1, 0.15) is 0 Å². The van der Waals surface area contributed by atoms with Crippen LogP contribution in [0.2, 0.25) is 0 Å². The van der Waals surface area contributed by atoms with Gasteiger partial charge in [-0.1, -0.05) is 6.17 Å². The van der Waals surface area contributed by atoms with E-state index in [1.54, 1.807) is 0 Å². The lowest BCUT2D eigenvalue weighted by atomic mass is 9.95. The van der Waals surface area contributed by atoms with E-state index >= 15 is 0 Å². The lowest BCUT2D eigenvalue weighted by molar-refractivity contribution is -0.128. The Hall–Kier alpha value is -1.28. The van der Waals surface area contributed by atoms with Crippen LogP contribution in [0.4, 0.5) is 0 Å². The monoisotopic (exact) mass is 375 g/mol. The highest BCUT2D eigenvalue weighted by molar-refractivity contribution is 5.81. The summed E-state index contributed by atoms with van der Waals surface area (Å²) in [4.78, 5) is 15.7. The summed E-state index contributed by atoms with van der Waals surface area (Å²) in [6.45, 7) is 5.48. The van der Waals surface area contributed by atoms with Crippen molar-refractivity contribution in [3.63, 3.8) is 0 Å². The van der Waals surface area contributed by atoms with Crippen molar-refractivity contribution < 1.29 is 4.79 Å². The maximum atomic E-state index is 13.1. The highest BCUT2D eigenvalue weighted by Crippen LogP contribution is 2.32. The number of carbonyl (C=O) groups is 1. The fourth-order valence-corrected chi connectivity index (χ4v) is 5.04. The zero-order valence-electron chi connectivity index (χ0n) is 15.8. The maximum Gasteiger partial charge on any atom is 0.226 e. The van der Waals surface area contributed by atoms with Crippen molar-refractivity contribution in [1.82, 2.24) is 25.9 Å². The van der Waals surface area contributed by atoms with E-state index in [2.05, 4.69) is 32.3 Å². The minimum atomic E-state index is -0.537. The summed E-state index contributed by atoms with van der Waals surface area (Å²) in [6, 6.07) is 2.73. The van der Waals surface area contributed by atoms with Gasteiger partial charge in [0.15, 0.2) is 0 Å². The molecule has 6 atom stereocenters. The number of likely N-dealkylation sites (tertiary alicyclic amines) is 1. The largest absolute Gasteiger partial charge is 0.578 e. The number of fused-ring (bicyclic) bond motifs is 1. The summed E-state index contributed by atoms with van der Waals surface area (Å²) >= 11 is 0. The van der Waals surface area contributed by atoms with Gasteiger partial charge in [0.05, 0.1) is 24.2 Å². The van der Waals surface area contributed by atoms with Crippen LogP contribution >= 0.6 is 0 Å². The SMILES string of the molecule is N#CCC1CNC2C(C(=O)NC3CNCCC3N3CCCC3)C(N)[N-]N2C1. The molecule has 4 aliphatic rings. The van der Waals surface area contributed by atoms with E-state index < -0.39 is 12.1 Å². The zero-order chi connectivity index (χ0) is 18.8. The first-order valence-corrected chi connectivity index (χ1v) is 10.3. The number of nitriles is 1. The molecule has 0 radical (unpaired) electrons. The van der Waals surface area contributed by atoms with E-state index in [4.69, 9.17) is 11.0 Å². The summed E-state index contributed by atoms with van der Waals surface area (Å²) < 4.78 is 0. The van der Waals surface area contributed by atoms with E-state index in [1.165, 1.54) is 12.8 Å². The molecule has 0 spiro atoms. The molecule has 0 bridgehead atoms. The number of amides is 1. The maximum absolute atomic E-state index is 13.1. The predicted octanol–water partition coefficient (Wildman–Crippen LogP) is -1.11. The Balaban J connectivity index is 1.39. The van der Waals surface area contributed by atoms with Gasteiger partial charge in [-0.05, 0) is 51.4 Å². The first-order valence-electron chi connectivity index (χ1n) is 10.3. The van der Waals surface area contributed by atoms with Crippen LogP contribution in [0.15, 0.2) is 0 Å². The van der Waals surface area contributed by atoms with Crippen molar-refractivity contribution in [2.75, 3.05) is 39.3 Å². The third kappa shape index (κ3) is 3.97. The average molecular weight is 376 g/mol. The molecule has 0 aliphatic carbocycles. The second-order valence-corrected chi connectivity index (χ2v) is 8.25. The number of hydrogen-bond acceptors (Lipinski definition) is 7. The van der Waals surface area contributed by atoms with E-state index in [-0.39, 0.29) is 24.0 Å². The molecule has 4 fully saturated rings. The van der Waals surface area contributed by atoms with Crippen LogP contribution in [-0.4, -0.2) is 79.5 Å². The number of nitrogens with two attached hydrogens (primary N) is 1. The first kappa shape index (κ1) is 19.1. The van der Waals surface area contributed by atoms with Crippen molar-refractivity contribution in [2.24, 2.45) is 17.6 Å². The molecule has 4 heterocycles. The van der Waals surface area contributed by atoms with Gasteiger partial charge in [0.2, 0.25) is 5.91 Å². The summed E-state index contributed by atoms with van der Waals surface area (Å²) in [5.74, 6) is -0.178. The van der Waals surface area contributed by atoms with E-state index in [9.17, 15) is 4.79 Å². The molecule has 9 nitrogen and oxygen atoms in total. The van der Waals surface area contributed by atoms with Crippen LogP contribution in [0.3, 0.4) is 0 Å². The van der Waals surface area contributed by atoms with E-state index in [0.717, 1.165) is 39.1 Å². The van der Waals surface area contributed by atoms with Gasteiger partial charge in [-0.3, -0.25) is 9.69 Å². The number of nitrogens with one attached hydrogen (secondary N) is 3. The van der Waals surface area contributed by atoms with Gasteiger partial charge in [-0.25, -0.2) is 0 Å². The smallest absolute Gasteiger partial charge is 0.226 e. The van der Waals surface area contributed by atoms with Crippen LogP contribution in [0.1, 0.15) is 25.7 Å². The minimum absolute atomic E-state index is 0.0112. The second-order valence-electron chi connectivity index (χ2n) is 8.25. The molecule has 1 amide bonds. The molecule has 4 saturated heterocycles. The van der Waals surface area contributed by atoms with E-state index in [1.807, 2.05) is 5.01 Å². The fourth-order valence-electron chi connectivity index (χ4n) is 5.04. The fraction of sp³-hybridized carbons (Fsp3) is 0.889. The molecular weight excluding hydrogens is 344 g/mol. The Labute approximate surface area is 161 Å². The number of piperidine rings is 1. The van der Waals surface area contributed by atoms with Crippen molar-refractivity contribution in [2.45, 2.75) is 50.1 Å². The topological polar surface area (TPSA) is 124 Å². The molecule has 0 aromatic heterocycles. The molecule has 6 unspecified atom stereocenters. The van der Waals surface area contributed by atoms with E-state index in [0.29, 0.717) is 19.0 Å². The molecule has 0 aromatic rings. The van der Waals surface area contributed by atoms with Gasteiger partial charge in [0.25, 0.3) is 0 Å². The molecule has 27 heavy (non-hydrogen) atoms. The molecule has 150 valence electrons. The molecule has 0 aromatic carbocycles. The highest BCUT2D eigenvalue weighted by atomic mass is 16.2. The number of carbonyl (C=O) groups excluding carboxylic acids is 1. The Morgan fingerprint density at radius 1 is 1.33 bits per heavy atom. The quantitative estimate of drug-likeness (QED) is 0.491. The third-order valence-corrected chi connectivity index (χ3v) is 6.44. The lowest BCUT2D eigenvalue weighted by Gasteiger charge is -2.44. The first-order chi connectivity index (χ1) is 13.2. The summed E-state index contributed by atoms with van der Waals surface area (Å²) in [5, 5.41) is 20.9. The van der Waals surface area contributed by atoms with Crippen LogP contribution in [-0.2, 0) is 4.79 Å². The normalized spacial score (nSPS) is 40.4. The number of nitrogens with zero attached hydrogens (tertiary/aromatic N) is 4. The Morgan fingerprint density at radius 3 is 2.93 bits per heavy atom. The second kappa shape index (κ2) is 8.39. The van der Waals surface area contributed by atoms with Crippen LogP contribution < -0.4 is 21.7 Å². The Bertz CT molecular complexity index is 574. The van der Waals surface area contributed by atoms with Gasteiger partial charge in [-0.15, -0.1) is 0 Å². The third-order valence-electron chi connectivity index (χ3n) is 6.44. The zero-order valence-corrected chi connectivity index (χ0v) is 15.8. The Kier molecular flexibility index (Phi) is 5.92. The highest BCUT2D eigenvalue weighted by Gasteiger charge is 2.41. The molecular formula is C18H31N8O-. The van der Waals surface area contributed by atoms with Gasteiger partial charge in [0, 0.05) is 25.6 Å². The molecule has 0 saturated carbocycles. The van der Waals surface area contributed by atoms with Crippen molar-refractivity contribution >= 4 is 5.91 Å². The summed E-state index contributed by atoms with van der Waals surface area (Å²) in [7, 11) is 0. The molecule has 9 heteroatoms. The molecule has 5 N–H and O–H groups in total. The van der Waals surface area contributed by atoms with Gasteiger partial charge in [-0.2, -0.15) is 5.26 Å². The number of rotatable bonds is 4. The van der Waals surface area contributed by atoms with Gasteiger partial charge >= 0.3 is 0 Å². The standard InChI is InChI=1S/C18H31N8O/c19-5-3-12-9-22-17-15(16(20)24-26(17)11-12)18(27)23-13-10-21-6-4-14(13)25-7-1-2-8-25/h12-17,21-22H,1-4,6-11,20H2,(H,23,27)/q-1. The van der Waals surface area contributed by atoms with Crippen LogP contribution in [0.25, 0.3) is 5.43 Å². The van der Waals surface area contributed by atoms with Gasteiger partial charge < -0.3 is 32.1 Å². The molecule has 4 aliphatic heterocycles. The van der Waals surface area contributed by atoms with Crippen molar-refractivity contribution in [3.05, 3.63) is 5.43 Å². The van der Waals surface area contributed by atoms with Crippen LogP contribution in [0, 0.1) is 23.2 Å².